The SMILES string of the molecule is c1ccc(P(c2ccccc2)c2ccccc2N2CCN(c3ccccc3P(c3ccccc3)c3ccccc3)[PH2+]2)cc1. The van der Waals surface area contributed by atoms with Gasteiger partial charge in [-0.15, -0.1) is 0 Å². The maximum Gasteiger partial charge on any atom is 0.170 e. The van der Waals surface area contributed by atoms with Crippen molar-refractivity contribution in [3.63, 3.8) is 0 Å². The van der Waals surface area contributed by atoms with E-state index in [1.807, 2.05) is 0 Å². The highest BCUT2D eigenvalue weighted by atomic mass is 31.1. The number of hydrogen-bond acceptors (Lipinski definition) is 2. The maximum absolute atomic E-state index is 2.67. The molecule has 1 aliphatic rings. The molecule has 0 aromatic heterocycles. The van der Waals surface area contributed by atoms with Gasteiger partial charge in [-0.2, -0.15) is 0 Å². The molecule has 0 atom stereocenters. The van der Waals surface area contributed by atoms with E-state index < -0.39 is 15.8 Å². The first kappa shape index (κ1) is 28.0. The van der Waals surface area contributed by atoms with E-state index in [1.165, 1.54) is 43.2 Å². The third-order valence-electron chi connectivity index (χ3n) is 7.78. The highest BCUT2D eigenvalue weighted by Crippen LogP contribution is 2.45. The van der Waals surface area contributed by atoms with Crippen molar-refractivity contribution in [3.8, 4) is 0 Å². The second-order valence-corrected chi connectivity index (χ2v) is 16.3. The monoisotopic (exact) mass is 611 g/mol. The van der Waals surface area contributed by atoms with Gasteiger partial charge in [0.1, 0.15) is 0 Å². The van der Waals surface area contributed by atoms with Crippen LogP contribution in [0.5, 0.6) is 0 Å². The quantitative estimate of drug-likeness (QED) is 0.175. The molecule has 0 N–H and O–H groups in total. The summed E-state index contributed by atoms with van der Waals surface area (Å²) in [5.74, 6) is 0. The molecule has 0 bridgehead atoms. The van der Waals surface area contributed by atoms with E-state index in [0.29, 0.717) is 0 Å². The van der Waals surface area contributed by atoms with Gasteiger partial charge in [0.15, 0.2) is 8.88 Å². The Morgan fingerprint density at radius 2 is 0.628 bits per heavy atom. The van der Waals surface area contributed by atoms with Gasteiger partial charge in [-0.1, -0.05) is 158 Å². The fourth-order valence-electron chi connectivity index (χ4n) is 5.82. The average molecular weight is 612 g/mol. The summed E-state index contributed by atoms with van der Waals surface area (Å²) in [5, 5.41) is 8.45. The normalized spacial score (nSPS) is 13.2. The van der Waals surface area contributed by atoms with Crippen molar-refractivity contribution >= 4 is 67.9 Å². The van der Waals surface area contributed by atoms with E-state index in [2.05, 4.69) is 179 Å². The molecule has 0 amide bonds. The third kappa shape index (κ3) is 6.02. The van der Waals surface area contributed by atoms with Crippen LogP contribution in [0.4, 0.5) is 11.4 Å². The van der Waals surface area contributed by atoms with Crippen LogP contribution in [0.2, 0.25) is 0 Å². The van der Waals surface area contributed by atoms with Crippen molar-refractivity contribution in [1.82, 2.24) is 0 Å². The third-order valence-corrected chi connectivity index (χ3v) is 14.4. The smallest absolute Gasteiger partial charge is 0.170 e. The first-order valence-corrected chi connectivity index (χ1v) is 18.5. The van der Waals surface area contributed by atoms with Gasteiger partial charge in [0, 0.05) is 10.6 Å². The van der Waals surface area contributed by atoms with E-state index in [0.717, 1.165) is 13.1 Å². The molecule has 0 spiro atoms. The van der Waals surface area contributed by atoms with Crippen molar-refractivity contribution in [2.45, 2.75) is 0 Å². The molecular weight excluding hydrogens is 577 g/mol. The van der Waals surface area contributed by atoms with E-state index in [-0.39, 0.29) is 8.88 Å². The van der Waals surface area contributed by atoms with E-state index in [1.54, 1.807) is 0 Å². The summed E-state index contributed by atoms with van der Waals surface area (Å²) in [6.45, 7) is 2.06. The molecule has 0 aliphatic carbocycles. The van der Waals surface area contributed by atoms with Crippen molar-refractivity contribution < 1.29 is 0 Å². The second kappa shape index (κ2) is 13.2. The molecular formula is C38H34N2P3+. The molecule has 2 nitrogen and oxygen atoms in total. The summed E-state index contributed by atoms with van der Waals surface area (Å²) in [5.41, 5.74) is 2.76. The van der Waals surface area contributed by atoms with Crippen molar-refractivity contribution in [3.05, 3.63) is 170 Å². The Bertz CT molecular complexity index is 1550. The molecule has 1 aliphatic heterocycles. The van der Waals surface area contributed by atoms with Crippen LogP contribution in [-0.4, -0.2) is 13.1 Å². The lowest BCUT2D eigenvalue weighted by Crippen LogP contribution is -2.25. The Balaban J connectivity index is 1.25. The lowest BCUT2D eigenvalue weighted by atomic mass is 10.3. The van der Waals surface area contributed by atoms with Crippen LogP contribution in [0.15, 0.2) is 170 Å². The predicted molar refractivity (Wildman–Crippen MR) is 195 cm³/mol. The van der Waals surface area contributed by atoms with Crippen LogP contribution in [-0.2, 0) is 0 Å². The minimum atomic E-state index is -0.672. The van der Waals surface area contributed by atoms with Crippen LogP contribution < -0.4 is 41.2 Å². The molecule has 0 radical (unpaired) electrons. The molecule has 1 fully saturated rings. The maximum atomic E-state index is 2.67. The first-order valence-electron chi connectivity index (χ1n) is 14.7. The van der Waals surface area contributed by atoms with Gasteiger partial charge in [-0.05, 0) is 49.2 Å². The summed E-state index contributed by atoms with van der Waals surface area (Å²) >= 11 is 0. The van der Waals surface area contributed by atoms with Gasteiger partial charge in [0.25, 0.3) is 0 Å². The van der Waals surface area contributed by atoms with E-state index in [4.69, 9.17) is 0 Å². The van der Waals surface area contributed by atoms with Crippen molar-refractivity contribution in [2.24, 2.45) is 0 Å². The van der Waals surface area contributed by atoms with Crippen LogP contribution in [0.25, 0.3) is 0 Å². The minimum absolute atomic E-state index is 0.111. The number of benzene rings is 6. The fraction of sp³-hybridized carbons (Fsp3) is 0.0526. The van der Waals surface area contributed by atoms with Gasteiger partial charge in [0.05, 0.1) is 24.5 Å². The zero-order valence-corrected chi connectivity index (χ0v) is 26.9. The molecule has 5 heteroatoms. The number of para-hydroxylation sites is 2. The van der Waals surface area contributed by atoms with Crippen LogP contribution in [0.1, 0.15) is 0 Å². The van der Waals surface area contributed by atoms with Crippen molar-refractivity contribution in [2.75, 3.05) is 22.4 Å². The minimum Gasteiger partial charge on any atom is -0.229 e. The molecule has 210 valence electrons. The fourth-order valence-corrected chi connectivity index (χ4v) is 12.5. The van der Waals surface area contributed by atoms with E-state index >= 15 is 0 Å². The number of nitrogens with zero attached hydrogens (tertiary/aromatic N) is 2. The highest BCUT2D eigenvalue weighted by Gasteiger charge is 2.33. The zero-order valence-electron chi connectivity index (χ0n) is 23.9. The molecule has 0 unspecified atom stereocenters. The lowest BCUT2D eigenvalue weighted by molar-refractivity contribution is 1.03. The highest BCUT2D eigenvalue weighted by molar-refractivity contribution is 7.80. The predicted octanol–water partition coefficient (Wildman–Crippen LogP) is 6.77. The van der Waals surface area contributed by atoms with Gasteiger partial charge in [0.2, 0.25) is 0 Å². The first-order chi connectivity index (χ1) is 21.4. The molecule has 0 saturated carbocycles. The van der Waals surface area contributed by atoms with Gasteiger partial charge in [-0.3, -0.25) is 0 Å². The van der Waals surface area contributed by atoms with Gasteiger partial charge >= 0.3 is 0 Å². The second-order valence-electron chi connectivity index (χ2n) is 10.5. The van der Waals surface area contributed by atoms with E-state index in [9.17, 15) is 0 Å². The summed E-state index contributed by atoms with van der Waals surface area (Å²) in [4.78, 5) is 0. The van der Waals surface area contributed by atoms with Crippen LogP contribution in [0.3, 0.4) is 0 Å². The Labute approximate surface area is 259 Å². The lowest BCUT2D eigenvalue weighted by Gasteiger charge is -2.26. The molecule has 7 rings (SSSR count). The summed E-state index contributed by atoms with van der Waals surface area (Å²) in [7, 11) is -1.46. The largest absolute Gasteiger partial charge is 0.229 e. The summed E-state index contributed by atoms with van der Waals surface area (Å²) < 4.78 is 5.33. The molecule has 43 heavy (non-hydrogen) atoms. The Kier molecular flexibility index (Phi) is 8.62. The summed E-state index contributed by atoms with van der Waals surface area (Å²) in [6, 6.07) is 62.5. The Morgan fingerprint density at radius 3 is 0.953 bits per heavy atom. The number of hydrogen-bond donors (Lipinski definition) is 0. The topological polar surface area (TPSA) is 6.48 Å². The molecule has 1 saturated heterocycles. The van der Waals surface area contributed by atoms with Gasteiger partial charge in [-0.25, -0.2) is 9.34 Å². The standard InChI is InChI=1S/C38H33N2P3/c1-5-17-31(18-6-1)42(32-19-7-2-8-20-32)37-27-15-13-25-35(37)39-29-30-40(41-39)36-26-14-16-28-38(36)43(33-21-9-3-10-22-33)34-23-11-4-12-24-34/h1-28,41H,29-30H2/p+1. The van der Waals surface area contributed by atoms with Crippen LogP contribution in [0, 0.1) is 0 Å². The Hall–Kier alpha value is -3.79. The molecule has 1 heterocycles. The van der Waals surface area contributed by atoms with Crippen molar-refractivity contribution in [1.29, 1.82) is 0 Å². The average Bonchev–Trinajstić information content (AvgIpc) is 3.58. The van der Waals surface area contributed by atoms with Crippen LogP contribution >= 0.6 is 24.7 Å². The summed E-state index contributed by atoms with van der Waals surface area (Å²) in [6.07, 6.45) is 0. The number of rotatable bonds is 8. The Morgan fingerprint density at radius 1 is 0.349 bits per heavy atom. The zero-order chi connectivity index (χ0) is 28.8. The molecule has 6 aromatic carbocycles. The van der Waals surface area contributed by atoms with Gasteiger partial charge < -0.3 is 0 Å². The molecule has 6 aromatic rings. The number of anilines is 2.